The fraction of sp³-hybridized carbons (Fsp3) is 0.868. The van der Waals surface area contributed by atoms with Crippen LogP contribution in [-0.4, -0.2) is 68.7 Å². The Labute approximate surface area is 283 Å². The van der Waals surface area contributed by atoms with Crippen LogP contribution in [0, 0.1) is 46.3 Å². The second kappa shape index (κ2) is 17.5. The van der Waals surface area contributed by atoms with Gasteiger partial charge in [0, 0.05) is 25.9 Å². The standard InChI is InChI=1S/C38H64N2O7/c1-26(2)7-6-8-27(3)31-11-12-32-30-10-9-28-25-29(15-17-37(28,4)33(30)16-18-38(31,32)5)47-36(44)40-20-22-46-24-23-45-21-19-39-34(41)13-14-35(42)43/h9,26-27,29-33H,6-8,10-25H2,1-5H3,(H,39,41)(H,40,44)(H,42,43)/t27-,29?,30+,31-,32+,33+,37+,38-/m1/s1. The predicted octanol–water partition coefficient (Wildman–Crippen LogP) is 7.14. The Hall–Kier alpha value is -2.13. The smallest absolute Gasteiger partial charge is 0.407 e. The second-order valence-corrected chi connectivity index (χ2v) is 16.0. The second-order valence-electron chi connectivity index (χ2n) is 16.0. The Kier molecular flexibility index (Phi) is 14.0. The van der Waals surface area contributed by atoms with Gasteiger partial charge in [-0.25, -0.2) is 4.79 Å². The van der Waals surface area contributed by atoms with Gasteiger partial charge in [0.2, 0.25) is 5.91 Å². The maximum atomic E-state index is 12.6. The van der Waals surface area contributed by atoms with E-state index in [1.54, 1.807) is 0 Å². The van der Waals surface area contributed by atoms with Gasteiger partial charge in [0.1, 0.15) is 6.10 Å². The van der Waals surface area contributed by atoms with Crippen molar-refractivity contribution in [3.05, 3.63) is 11.6 Å². The normalized spacial score (nSPS) is 32.0. The van der Waals surface area contributed by atoms with Crippen LogP contribution in [0.15, 0.2) is 11.6 Å². The molecule has 0 spiro atoms. The lowest BCUT2D eigenvalue weighted by molar-refractivity contribution is -0.138. The van der Waals surface area contributed by atoms with Crippen molar-refractivity contribution in [2.45, 2.75) is 124 Å². The highest BCUT2D eigenvalue weighted by Gasteiger charge is 2.59. The lowest BCUT2D eigenvalue weighted by atomic mass is 9.47. The fourth-order valence-corrected chi connectivity index (χ4v) is 10.1. The zero-order chi connectivity index (χ0) is 34.0. The highest BCUT2D eigenvalue weighted by Crippen LogP contribution is 2.67. The van der Waals surface area contributed by atoms with E-state index in [0.717, 1.165) is 54.8 Å². The summed E-state index contributed by atoms with van der Waals surface area (Å²) in [6, 6.07) is 0. The number of alkyl carbamates (subject to hydrolysis) is 1. The van der Waals surface area contributed by atoms with Crippen LogP contribution in [0.5, 0.6) is 0 Å². The summed E-state index contributed by atoms with van der Waals surface area (Å²) in [5.74, 6) is 3.64. The number of hydrogen-bond donors (Lipinski definition) is 3. The fourth-order valence-electron chi connectivity index (χ4n) is 10.1. The minimum atomic E-state index is -0.992. The number of carboxylic acids is 1. The first-order valence-corrected chi connectivity index (χ1v) is 18.7. The van der Waals surface area contributed by atoms with Gasteiger partial charge in [-0.15, -0.1) is 0 Å². The van der Waals surface area contributed by atoms with E-state index < -0.39 is 5.97 Å². The zero-order valence-electron chi connectivity index (χ0n) is 30.0. The summed E-state index contributed by atoms with van der Waals surface area (Å²) in [4.78, 5) is 34.5. The molecule has 0 aliphatic heterocycles. The molecular weight excluding hydrogens is 596 g/mol. The molecule has 47 heavy (non-hydrogen) atoms. The molecule has 268 valence electrons. The van der Waals surface area contributed by atoms with Gasteiger partial charge in [0.15, 0.2) is 0 Å². The molecule has 4 aliphatic rings. The number of carbonyl (C=O) groups is 3. The van der Waals surface area contributed by atoms with Crippen molar-refractivity contribution >= 4 is 18.0 Å². The summed E-state index contributed by atoms with van der Waals surface area (Å²) >= 11 is 0. The Bertz CT molecular complexity index is 1080. The summed E-state index contributed by atoms with van der Waals surface area (Å²) in [6.45, 7) is 14.5. The minimum Gasteiger partial charge on any atom is -0.481 e. The van der Waals surface area contributed by atoms with Crippen LogP contribution in [-0.2, 0) is 23.8 Å². The molecule has 0 bridgehead atoms. The van der Waals surface area contributed by atoms with Crippen molar-refractivity contribution in [2.24, 2.45) is 46.3 Å². The molecule has 0 radical (unpaired) electrons. The molecule has 0 saturated heterocycles. The Balaban J connectivity index is 1.13. The van der Waals surface area contributed by atoms with Gasteiger partial charge < -0.3 is 30.0 Å². The largest absolute Gasteiger partial charge is 0.481 e. The topological polar surface area (TPSA) is 123 Å². The quantitative estimate of drug-likeness (QED) is 0.106. The molecule has 8 atom stereocenters. The number of fused-ring (bicyclic) bond motifs is 5. The molecule has 3 N–H and O–H groups in total. The maximum absolute atomic E-state index is 12.6. The zero-order valence-corrected chi connectivity index (χ0v) is 30.0. The molecule has 0 aromatic carbocycles. The Morgan fingerprint density at radius 1 is 0.894 bits per heavy atom. The summed E-state index contributed by atoms with van der Waals surface area (Å²) < 4.78 is 16.8. The van der Waals surface area contributed by atoms with E-state index >= 15 is 0 Å². The van der Waals surface area contributed by atoms with E-state index in [2.05, 4.69) is 51.3 Å². The van der Waals surface area contributed by atoms with Crippen LogP contribution in [0.1, 0.15) is 118 Å². The highest BCUT2D eigenvalue weighted by atomic mass is 16.6. The number of aliphatic carboxylic acids is 1. The third-order valence-corrected chi connectivity index (χ3v) is 12.6. The van der Waals surface area contributed by atoms with E-state index in [1.165, 1.54) is 56.9 Å². The van der Waals surface area contributed by atoms with Crippen molar-refractivity contribution in [3.63, 3.8) is 0 Å². The number of amides is 2. The third kappa shape index (κ3) is 9.96. The Morgan fingerprint density at radius 2 is 1.62 bits per heavy atom. The van der Waals surface area contributed by atoms with E-state index in [0.29, 0.717) is 44.9 Å². The molecule has 1 unspecified atom stereocenters. The number of carboxylic acid groups (broad SMARTS) is 1. The molecule has 4 rings (SSSR count). The van der Waals surface area contributed by atoms with Crippen LogP contribution in [0.2, 0.25) is 0 Å². The van der Waals surface area contributed by atoms with Gasteiger partial charge in [-0.1, -0.05) is 65.5 Å². The van der Waals surface area contributed by atoms with Crippen LogP contribution in [0.4, 0.5) is 4.79 Å². The number of allylic oxidation sites excluding steroid dienone is 1. The first-order valence-electron chi connectivity index (χ1n) is 18.7. The van der Waals surface area contributed by atoms with E-state index in [1.807, 2.05) is 0 Å². The molecular formula is C38H64N2O7. The highest BCUT2D eigenvalue weighted by molar-refractivity contribution is 5.80. The number of rotatable bonds is 18. The average molecular weight is 661 g/mol. The van der Waals surface area contributed by atoms with E-state index in [-0.39, 0.29) is 36.4 Å². The number of nitrogens with one attached hydrogen (secondary N) is 2. The molecule has 4 aliphatic carbocycles. The van der Waals surface area contributed by atoms with Gasteiger partial charge >= 0.3 is 12.1 Å². The van der Waals surface area contributed by atoms with Crippen LogP contribution < -0.4 is 10.6 Å². The lowest BCUT2D eigenvalue weighted by Crippen LogP contribution is -2.51. The number of carbonyl (C=O) groups excluding carboxylic acids is 2. The molecule has 3 saturated carbocycles. The molecule has 0 heterocycles. The SMILES string of the molecule is CC(C)CCC[C@@H](C)[C@H]1CC[C@H]2[C@@H]3CC=C4CC(OC(=O)NCCOCCOCCNC(=O)CCC(=O)O)CC[C@]4(C)[C@H]3CC[C@]12C. The average Bonchev–Trinajstić information content (AvgIpc) is 3.38. The lowest BCUT2D eigenvalue weighted by Gasteiger charge is -2.58. The van der Waals surface area contributed by atoms with Crippen molar-refractivity contribution in [1.82, 2.24) is 10.6 Å². The maximum Gasteiger partial charge on any atom is 0.407 e. The van der Waals surface area contributed by atoms with Crippen LogP contribution in [0.25, 0.3) is 0 Å². The van der Waals surface area contributed by atoms with Gasteiger partial charge in [-0.3, -0.25) is 9.59 Å². The molecule has 0 aromatic rings. The molecule has 3 fully saturated rings. The predicted molar refractivity (Wildman–Crippen MR) is 183 cm³/mol. The third-order valence-electron chi connectivity index (χ3n) is 12.6. The monoisotopic (exact) mass is 660 g/mol. The van der Waals surface area contributed by atoms with Crippen molar-refractivity contribution in [1.29, 1.82) is 0 Å². The summed E-state index contributed by atoms with van der Waals surface area (Å²) in [5, 5.41) is 14.0. The first-order chi connectivity index (χ1) is 22.4. The van der Waals surface area contributed by atoms with Crippen molar-refractivity contribution in [2.75, 3.05) is 39.5 Å². The summed E-state index contributed by atoms with van der Waals surface area (Å²) in [6.07, 6.45) is 15.7. The van der Waals surface area contributed by atoms with Crippen molar-refractivity contribution < 1.29 is 33.7 Å². The summed E-state index contributed by atoms with van der Waals surface area (Å²) in [7, 11) is 0. The van der Waals surface area contributed by atoms with Crippen molar-refractivity contribution in [3.8, 4) is 0 Å². The van der Waals surface area contributed by atoms with Gasteiger partial charge in [0.25, 0.3) is 0 Å². The first kappa shape index (κ1) is 37.7. The summed E-state index contributed by atoms with van der Waals surface area (Å²) in [5.41, 5.74) is 2.27. The van der Waals surface area contributed by atoms with Crippen LogP contribution >= 0.6 is 0 Å². The number of hydrogen-bond acceptors (Lipinski definition) is 6. The van der Waals surface area contributed by atoms with Gasteiger partial charge in [-0.05, 0) is 91.3 Å². The minimum absolute atomic E-state index is 0.0362. The molecule has 0 aromatic heterocycles. The van der Waals surface area contributed by atoms with E-state index in [9.17, 15) is 14.4 Å². The number of ether oxygens (including phenoxy) is 3. The van der Waals surface area contributed by atoms with E-state index in [4.69, 9.17) is 19.3 Å². The molecule has 9 nitrogen and oxygen atoms in total. The van der Waals surface area contributed by atoms with Gasteiger partial charge in [0.05, 0.1) is 32.8 Å². The molecule has 9 heteroatoms. The Morgan fingerprint density at radius 3 is 2.32 bits per heavy atom. The molecule has 2 amide bonds. The van der Waals surface area contributed by atoms with Crippen LogP contribution in [0.3, 0.4) is 0 Å². The van der Waals surface area contributed by atoms with Gasteiger partial charge in [-0.2, -0.15) is 0 Å².